The van der Waals surface area contributed by atoms with E-state index in [9.17, 15) is 9.90 Å². The number of aromatic nitrogens is 6. The lowest BCUT2D eigenvalue weighted by atomic mass is 10.1. The molecule has 1 aliphatic rings. The zero-order chi connectivity index (χ0) is 23.1. The molecule has 4 aromatic heterocycles. The summed E-state index contributed by atoms with van der Waals surface area (Å²) < 4.78 is 1.67. The summed E-state index contributed by atoms with van der Waals surface area (Å²) in [6, 6.07) is 15.9. The van der Waals surface area contributed by atoms with Gasteiger partial charge in [-0.2, -0.15) is 9.61 Å². The number of imidazole rings is 1. The SMILES string of the molecule is O=c1[nH]c(O)c(C=c2cnn3c(=NC4CC4)cc(Nc4ccc(-c5ccccn5)cc4)nc23)[nH]1. The minimum atomic E-state index is -0.492. The number of benzene rings is 1. The number of hydrogen-bond acceptors (Lipinski definition) is 7. The van der Waals surface area contributed by atoms with Crippen LogP contribution in [0.15, 0.2) is 70.7 Å². The van der Waals surface area contributed by atoms with E-state index in [1.807, 2.05) is 48.5 Å². The zero-order valence-electron chi connectivity index (χ0n) is 17.9. The Bertz CT molecular complexity index is 1660. The van der Waals surface area contributed by atoms with Crippen LogP contribution in [-0.4, -0.2) is 40.7 Å². The molecule has 4 heterocycles. The van der Waals surface area contributed by atoms with E-state index in [-0.39, 0.29) is 17.6 Å². The van der Waals surface area contributed by atoms with Gasteiger partial charge in [0.2, 0.25) is 5.88 Å². The van der Waals surface area contributed by atoms with Crippen molar-refractivity contribution in [3.8, 4) is 17.1 Å². The molecule has 1 saturated carbocycles. The second-order valence-electron chi connectivity index (χ2n) is 8.10. The van der Waals surface area contributed by atoms with Crippen molar-refractivity contribution in [3.63, 3.8) is 0 Å². The molecule has 0 spiro atoms. The number of nitrogens with one attached hydrogen (secondary N) is 3. The van der Waals surface area contributed by atoms with Gasteiger partial charge in [-0.25, -0.2) is 9.78 Å². The molecule has 168 valence electrons. The molecule has 0 unspecified atom stereocenters. The Kier molecular flexibility index (Phi) is 4.69. The third-order valence-corrected chi connectivity index (χ3v) is 5.50. The van der Waals surface area contributed by atoms with Gasteiger partial charge in [-0.1, -0.05) is 18.2 Å². The average molecular weight is 452 g/mol. The lowest BCUT2D eigenvalue weighted by Gasteiger charge is -2.08. The molecule has 5 aromatic rings. The lowest BCUT2D eigenvalue weighted by molar-refractivity contribution is 0.454. The summed E-state index contributed by atoms with van der Waals surface area (Å²) in [7, 11) is 0. The second kappa shape index (κ2) is 8.00. The van der Waals surface area contributed by atoms with Gasteiger partial charge < -0.3 is 15.4 Å². The van der Waals surface area contributed by atoms with E-state index in [0.717, 1.165) is 29.8 Å². The zero-order valence-corrected chi connectivity index (χ0v) is 17.9. The Balaban J connectivity index is 1.41. The highest BCUT2D eigenvalue weighted by atomic mass is 16.3. The molecule has 0 saturated heterocycles. The van der Waals surface area contributed by atoms with E-state index in [1.54, 1.807) is 23.0 Å². The molecule has 1 aromatic carbocycles. The molecule has 0 bridgehead atoms. The number of hydrogen-bond donors (Lipinski definition) is 4. The number of aromatic amines is 2. The quantitative estimate of drug-likeness (QED) is 0.321. The second-order valence-corrected chi connectivity index (χ2v) is 8.10. The van der Waals surface area contributed by atoms with Crippen molar-refractivity contribution in [2.24, 2.45) is 4.99 Å². The molecule has 34 heavy (non-hydrogen) atoms. The monoisotopic (exact) mass is 452 g/mol. The Morgan fingerprint density at radius 1 is 1.15 bits per heavy atom. The number of fused-ring (bicyclic) bond motifs is 1. The summed E-state index contributed by atoms with van der Waals surface area (Å²) in [4.78, 5) is 30.3. The van der Waals surface area contributed by atoms with Crippen LogP contribution in [-0.2, 0) is 0 Å². The van der Waals surface area contributed by atoms with Crippen LogP contribution in [0.3, 0.4) is 0 Å². The topological polar surface area (TPSA) is 136 Å². The van der Waals surface area contributed by atoms with Crippen LogP contribution in [0.5, 0.6) is 5.88 Å². The van der Waals surface area contributed by atoms with E-state index in [4.69, 9.17) is 9.98 Å². The predicted octanol–water partition coefficient (Wildman–Crippen LogP) is 1.87. The van der Waals surface area contributed by atoms with Crippen molar-refractivity contribution >= 4 is 23.2 Å². The van der Waals surface area contributed by atoms with Crippen molar-refractivity contribution < 1.29 is 5.11 Å². The minimum absolute atomic E-state index is 0.241. The lowest BCUT2D eigenvalue weighted by Crippen LogP contribution is -2.19. The maximum absolute atomic E-state index is 11.5. The van der Waals surface area contributed by atoms with Crippen LogP contribution in [0.25, 0.3) is 23.0 Å². The van der Waals surface area contributed by atoms with E-state index in [1.165, 1.54) is 0 Å². The van der Waals surface area contributed by atoms with Gasteiger partial charge in [-0.15, -0.1) is 0 Å². The smallest absolute Gasteiger partial charge is 0.326 e. The summed E-state index contributed by atoms with van der Waals surface area (Å²) in [6.45, 7) is 0. The maximum Gasteiger partial charge on any atom is 0.326 e. The molecule has 10 nitrogen and oxygen atoms in total. The Morgan fingerprint density at radius 2 is 2.00 bits per heavy atom. The van der Waals surface area contributed by atoms with Crippen LogP contribution in [0, 0.1) is 0 Å². The molecule has 0 atom stereocenters. The molecule has 6 rings (SSSR count). The van der Waals surface area contributed by atoms with Gasteiger partial charge in [-0.05, 0) is 43.2 Å². The summed E-state index contributed by atoms with van der Waals surface area (Å²) in [5.74, 6) is 0.369. The van der Waals surface area contributed by atoms with Crippen LogP contribution in [0.1, 0.15) is 18.5 Å². The van der Waals surface area contributed by atoms with Crippen LogP contribution >= 0.6 is 0 Å². The fourth-order valence-corrected chi connectivity index (χ4v) is 3.67. The van der Waals surface area contributed by atoms with Crippen molar-refractivity contribution in [2.45, 2.75) is 18.9 Å². The highest BCUT2D eigenvalue weighted by Gasteiger charge is 2.20. The molecular formula is C24H20N8O2. The third-order valence-electron chi connectivity index (χ3n) is 5.50. The standard InChI is InChI=1S/C24H20N8O2/c33-23-19(29-24(34)31-23)11-15-13-26-32-21(28-17-8-9-17)12-20(30-22(15)32)27-16-6-4-14(5-7-16)18-3-1-2-10-25-18/h1-7,10-13,17,27,33H,8-9H2,(H2,29,31,34). The number of H-pyrrole nitrogens is 2. The van der Waals surface area contributed by atoms with E-state index < -0.39 is 5.69 Å². The van der Waals surface area contributed by atoms with Crippen molar-refractivity contribution in [1.29, 1.82) is 0 Å². The van der Waals surface area contributed by atoms with Crippen molar-refractivity contribution in [1.82, 2.24) is 29.5 Å². The first kappa shape index (κ1) is 19.9. The largest absolute Gasteiger partial charge is 0.493 e. The molecule has 0 amide bonds. The fraction of sp³-hybridized carbons (Fsp3) is 0.125. The van der Waals surface area contributed by atoms with Crippen molar-refractivity contribution in [3.05, 3.63) is 87.8 Å². The molecule has 10 heteroatoms. The van der Waals surface area contributed by atoms with Gasteiger partial charge in [0.05, 0.1) is 17.9 Å². The maximum atomic E-state index is 11.5. The molecule has 0 radical (unpaired) electrons. The average Bonchev–Trinajstić information content (AvgIpc) is 3.48. The Labute approximate surface area is 192 Å². The molecule has 4 N–H and O–H groups in total. The van der Waals surface area contributed by atoms with Gasteiger partial charge in [-0.3, -0.25) is 15.0 Å². The highest BCUT2D eigenvalue weighted by molar-refractivity contribution is 5.66. The van der Waals surface area contributed by atoms with Crippen LogP contribution in [0.2, 0.25) is 0 Å². The Morgan fingerprint density at radius 3 is 2.71 bits per heavy atom. The summed E-state index contributed by atoms with van der Waals surface area (Å²) >= 11 is 0. The number of nitrogens with zero attached hydrogens (tertiary/aromatic N) is 5. The molecule has 1 fully saturated rings. The summed E-state index contributed by atoms with van der Waals surface area (Å²) in [6.07, 6.45) is 7.13. The Hall–Kier alpha value is -4.73. The van der Waals surface area contributed by atoms with E-state index in [2.05, 4.69) is 25.4 Å². The van der Waals surface area contributed by atoms with E-state index in [0.29, 0.717) is 22.2 Å². The number of rotatable bonds is 5. The van der Waals surface area contributed by atoms with E-state index >= 15 is 0 Å². The first-order valence-electron chi connectivity index (χ1n) is 10.9. The first-order valence-corrected chi connectivity index (χ1v) is 10.9. The van der Waals surface area contributed by atoms with Gasteiger partial charge in [0.15, 0.2) is 11.1 Å². The minimum Gasteiger partial charge on any atom is -0.493 e. The fourth-order valence-electron chi connectivity index (χ4n) is 3.67. The predicted molar refractivity (Wildman–Crippen MR) is 126 cm³/mol. The molecular weight excluding hydrogens is 432 g/mol. The molecule has 0 aliphatic heterocycles. The highest BCUT2D eigenvalue weighted by Crippen LogP contribution is 2.23. The van der Waals surface area contributed by atoms with Gasteiger partial charge in [0.1, 0.15) is 11.5 Å². The number of pyridine rings is 1. The van der Waals surface area contributed by atoms with Gasteiger partial charge in [0.25, 0.3) is 0 Å². The molecule has 1 aliphatic carbocycles. The summed E-state index contributed by atoms with van der Waals surface area (Å²) in [5.41, 5.74) is 3.80. The van der Waals surface area contributed by atoms with Crippen molar-refractivity contribution in [2.75, 3.05) is 5.32 Å². The first-order chi connectivity index (χ1) is 16.6. The van der Waals surface area contributed by atoms with Crippen LogP contribution in [0.4, 0.5) is 11.5 Å². The third kappa shape index (κ3) is 3.92. The van der Waals surface area contributed by atoms with Crippen LogP contribution < -0.4 is 21.7 Å². The van der Waals surface area contributed by atoms with Gasteiger partial charge >= 0.3 is 5.69 Å². The normalized spacial score (nSPS) is 14.7. The summed E-state index contributed by atoms with van der Waals surface area (Å²) in [5, 5.41) is 18.3. The van der Waals surface area contributed by atoms with Gasteiger partial charge in [0, 0.05) is 28.7 Å². The number of aromatic hydroxyl groups is 1. The number of anilines is 2.